The number of likely N-dealkylation sites (N-methyl/N-ethyl adjacent to an activating group) is 1. The van der Waals surface area contributed by atoms with E-state index in [4.69, 9.17) is 4.74 Å². The van der Waals surface area contributed by atoms with Crippen molar-refractivity contribution in [3.05, 3.63) is 59.2 Å². The first kappa shape index (κ1) is 26.7. The lowest BCUT2D eigenvalue weighted by molar-refractivity contribution is -0.116. The van der Waals surface area contributed by atoms with Crippen molar-refractivity contribution in [3.63, 3.8) is 0 Å². The summed E-state index contributed by atoms with van der Waals surface area (Å²) in [7, 11) is 7.18. The van der Waals surface area contributed by atoms with Crippen LogP contribution in [0.5, 0.6) is 5.75 Å². The van der Waals surface area contributed by atoms with E-state index in [2.05, 4.69) is 39.1 Å². The van der Waals surface area contributed by atoms with Gasteiger partial charge in [-0.3, -0.25) is 9.79 Å². The predicted molar refractivity (Wildman–Crippen MR) is 139 cm³/mol. The van der Waals surface area contributed by atoms with Gasteiger partial charge in [-0.1, -0.05) is 24.3 Å². The Hall–Kier alpha value is -2.33. The largest absolute Gasteiger partial charge is 0.496 e. The Morgan fingerprint density at radius 3 is 2.55 bits per heavy atom. The van der Waals surface area contributed by atoms with Gasteiger partial charge in [-0.25, -0.2) is 0 Å². The number of carbonyl (C=O) groups excluding carboxylic acids is 1. The summed E-state index contributed by atoms with van der Waals surface area (Å²) in [6.07, 6.45) is 0.866. The fourth-order valence-corrected chi connectivity index (χ4v) is 3.00. The molecule has 0 aliphatic heterocycles. The average Bonchev–Trinajstić information content (AvgIpc) is 2.71. The molecule has 0 unspecified atom stereocenters. The highest BCUT2D eigenvalue weighted by Gasteiger charge is 2.05. The average molecular weight is 539 g/mol. The van der Waals surface area contributed by atoms with Gasteiger partial charge in [-0.15, -0.1) is 24.0 Å². The third-order valence-electron chi connectivity index (χ3n) is 4.53. The molecule has 0 saturated heterocycles. The molecule has 0 saturated carbocycles. The van der Waals surface area contributed by atoms with Crippen LogP contribution in [0.1, 0.15) is 16.7 Å². The number of ether oxygens (including phenoxy) is 1. The normalized spacial score (nSPS) is 11.0. The molecule has 3 N–H and O–H groups in total. The maximum atomic E-state index is 11.9. The number of halogens is 1. The molecule has 0 spiro atoms. The molecule has 2 aromatic rings. The molecule has 0 aliphatic carbocycles. The van der Waals surface area contributed by atoms with E-state index in [0.717, 1.165) is 41.5 Å². The molecule has 0 atom stereocenters. The number of amides is 1. The third-order valence-corrected chi connectivity index (χ3v) is 4.53. The van der Waals surface area contributed by atoms with E-state index in [9.17, 15) is 4.79 Å². The van der Waals surface area contributed by atoms with Crippen LogP contribution in [0.3, 0.4) is 0 Å². The molecule has 7 nitrogen and oxygen atoms in total. The molecule has 0 fully saturated rings. The van der Waals surface area contributed by atoms with Gasteiger partial charge < -0.3 is 25.6 Å². The van der Waals surface area contributed by atoms with Crippen molar-refractivity contribution >= 4 is 41.5 Å². The molecule has 170 valence electrons. The number of anilines is 1. The second-order valence-electron chi connectivity index (χ2n) is 7.39. The summed E-state index contributed by atoms with van der Waals surface area (Å²) in [6.45, 7) is 3.75. The number of hydrogen-bond acceptors (Lipinski definition) is 4. The lowest BCUT2D eigenvalue weighted by Crippen LogP contribution is -2.37. The number of guanidine groups is 1. The van der Waals surface area contributed by atoms with E-state index < -0.39 is 0 Å². The van der Waals surface area contributed by atoms with Crippen LogP contribution >= 0.6 is 24.0 Å². The highest BCUT2D eigenvalue weighted by molar-refractivity contribution is 14.0. The van der Waals surface area contributed by atoms with E-state index in [1.807, 2.05) is 50.2 Å². The summed E-state index contributed by atoms with van der Waals surface area (Å²) >= 11 is 0. The van der Waals surface area contributed by atoms with Crippen molar-refractivity contribution in [1.29, 1.82) is 0 Å². The van der Waals surface area contributed by atoms with Crippen molar-refractivity contribution in [2.24, 2.45) is 4.99 Å². The fourth-order valence-electron chi connectivity index (χ4n) is 3.00. The van der Waals surface area contributed by atoms with Gasteiger partial charge in [0.15, 0.2) is 5.96 Å². The van der Waals surface area contributed by atoms with E-state index in [0.29, 0.717) is 13.1 Å². The molecule has 31 heavy (non-hydrogen) atoms. The van der Waals surface area contributed by atoms with E-state index in [1.54, 1.807) is 14.2 Å². The SMILES string of the molecule is CN=C(NCCc1ccc(C)c(OC)c1)NCc1cccc(NC(=O)CN(C)C)c1.I. The zero-order chi connectivity index (χ0) is 21.9. The van der Waals surface area contributed by atoms with Gasteiger partial charge in [0, 0.05) is 25.8 Å². The standard InChI is InChI=1S/C23H33N5O2.HI/c1-17-9-10-18(14-21(17)30-5)11-12-25-23(24-2)26-15-19-7-6-8-20(13-19)27-22(29)16-28(3)4;/h6-10,13-14H,11-12,15-16H2,1-5H3,(H,27,29)(H2,24,25,26);1H. The van der Waals surface area contributed by atoms with Gasteiger partial charge in [-0.05, 0) is 62.3 Å². The molecule has 2 aromatic carbocycles. The van der Waals surface area contributed by atoms with Crippen molar-refractivity contribution in [3.8, 4) is 5.75 Å². The second kappa shape index (κ2) is 13.9. The van der Waals surface area contributed by atoms with Crippen LogP contribution in [0.4, 0.5) is 5.69 Å². The Morgan fingerprint density at radius 1 is 1.10 bits per heavy atom. The molecule has 0 heterocycles. The van der Waals surface area contributed by atoms with Crippen molar-refractivity contribution in [2.45, 2.75) is 19.9 Å². The Morgan fingerprint density at radius 2 is 1.87 bits per heavy atom. The third kappa shape index (κ3) is 9.56. The number of hydrogen-bond donors (Lipinski definition) is 3. The smallest absolute Gasteiger partial charge is 0.238 e. The number of nitrogens with one attached hydrogen (secondary N) is 3. The first-order chi connectivity index (χ1) is 14.4. The number of nitrogens with zero attached hydrogens (tertiary/aromatic N) is 2. The van der Waals surface area contributed by atoms with Crippen molar-refractivity contribution in [1.82, 2.24) is 15.5 Å². The van der Waals surface area contributed by atoms with E-state index in [1.165, 1.54) is 5.56 Å². The first-order valence-electron chi connectivity index (χ1n) is 10.0. The molecule has 8 heteroatoms. The van der Waals surface area contributed by atoms with Crippen molar-refractivity contribution < 1.29 is 9.53 Å². The van der Waals surface area contributed by atoms with Crippen LogP contribution in [0, 0.1) is 6.92 Å². The monoisotopic (exact) mass is 539 g/mol. The summed E-state index contributed by atoms with van der Waals surface area (Å²) in [5, 5.41) is 9.56. The second-order valence-corrected chi connectivity index (χ2v) is 7.39. The summed E-state index contributed by atoms with van der Waals surface area (Å²) < 4.78 is 5.39. The van der Waals surface area contributed by atoms with Crippen LogP contribution in [-0.2, 0) is 17.8 Å². The number of benzene rings is 2. The van der Waals surface area contributed by atoms with Gasteiger partial charge in [0.05, 0.1) is 13.7 Å². The van der Waals surface area contributed by atoms with Crippen LogP contribution in [0.2, 0.25) is 0 Å². The minimum Gasteiger partial charge on any atom is -0.496 e. The van der Waals surface area contributed by atoms with Gasteiger partial charge in [0.25, 0.3) is 0 Å². The predicted octanol–water partition coefficient (Wildman–Crippen LogP) is 3.03. The van der Waals surface area contributed by atoms with Gasteiger partial charge >= 0.3 is 0 Å². The molecule has 1 amide bonds. The lowest BCUT2D eigenvalue weighted by atomic mass is 10.1. The summed E-state index contributed by atoms with van der Waals surface area (Å²) in [4.78, 5) is 18.1. The number of aliphatic imine (C=N–C) groups is 1. The zero-order valence-electron chi connectivity index (χ0n) is 19.0. The highest BCUT2D eigenvalue weighted by Crippen LogP contribution is 2.19. The Balaban J connectivity index is 0.00000480. The quantitative estimate of drug-likeness (QED) is 0.260. The van der Waals surface area contributed by atoms with E-state index in [-0.39, 0.29) is 29.9 Å². The zero-order valence-corrected chi connectivity index (χ0v) is 21.3. The molecule has 2 rings (SSSR count). The summed E-state index contributed by atoms with van der Waals surface area (Å²) in [6, 6.07) is 14.1. The molecule has 0 radical (unpaired) electrons. The topological polar surface area (TPSA) is 78.0 Å². The van der Waals surface area contributed by atoms with Gasteiger partial charge in [0.2, 0.25) is 5.91 Å². The number of carbonyl (C=O) groups is 1. The molecule has 0 aromatic heterocycles. The van der Waals surface area contributed by atoms with Crippen LogP contribution in [0.25, 0.3) is 0 Å². The summed E-state index contributed by atoms with van der Waals surface area (Å²) in [5.41, 5.74) is 4.19. The van der Waals surface area contributed by atoms with E-state index >= 15 is 0 Å². The maximum Gasteiger partial charge on any atom is 0.238 e. The van der Waals surface area contributed by atoms with Crippen LogP contribution < -0.4 is 20.7 Å². The number of methoxy groups -OCH3 is 1. The summed E-state index contributed by atoms with van der Waals surface area (Å²) in [5.74, 6) is 1.61. The van der Waals surface area contributed by atoms with Crippen LogP contribution in [0.15, 0.2) is 47.5 Å². The molecule has 0 aliphatic rings. The maximum absolute atomic E-state index is 11.9. The van der Waals surface area contributed by atoms with Crippen molar-refractivity contribution in [2.75, 3.05) is 46.7 Å². The highest BCUT2D eigenvalue weighted by atomic mass is 127. The first-order valence-corrected chi connectivity index (χ1v) is 10.0. The van der Waals surface area contributed by atoms with Gasteiger partial charge in [-0.2, -0.15) is 0 Å². The Labute approximate surface area is 202 Å². The minimum atomic E-state index is -0.0321. The number of rotatable bonds is 9. The fraction of sp³-hybridized carbons (Fsp3) is 0.391. The lowest BCUT2D eigenvalue weighted by Gasteiger charge is -2.14. The Bertz CT molecular complexity index is 871. The Kier molecular flexibility index (Phi) is 11.9. The minimum absolute atomic E-state index is 0. The van der Waals surface area contributed by atoms with Gasteiger partial charge in [0.1, 0.15) is 5.75 Å². The number of aryl methyl sites for hydroxylation is 1. The molecular formula is C23H34IN5O2. The molecular weight excluding hydrogens is 505 g/mol. The van der Waals surface area contributed by atoms with Crippen LogP contribution in [-0.4, -0.2) is 58.1 Å². The molecule has 0 bridgehead atoms.